The number of ether oxygens (including phenoxy) is 2. The molecule has 0 bridgehead atoms. The zero-order valence-corrected chi connectivity index (χ0v) is 13.6. The van der Waals surface area contributed by atoms with E-state index in [2.05, 4.69) is 5.32 Å². The van der Waals surface area contributed by atoms with Gasteiger partial charge in [0.25, 0.3) is 5.91 Å². The molecule has 0 aromatic heterocycles. The first-order valence-corrected chi connectivity index (χ1v) is 7.42. The molecule has 0 aliphatic rings. The third-order valence-corrected chi connectivity index (χ3v) is 3.18. The van der Waals surface area contributed by atoms with Gasteiger partial charge in [-0.15, -0.1) is 0 Å². The number of hydrogen-bond acceptors (Lipinski definition) is 4. The van der Waals surface area contributed by atoms with Gasteiger partial charge >= 0.3 is 5.97 Å². The zero-order chi connectivity index (χ0) is 17.5. The van der Waals surface area contributed by atoms with Crippen LogP contribution in [0.4, 0.5) is 10.1 Å². The molecule has 1 amide bonds. The number of esters is 1. The summed E-state index contributed by atoms with van der Waals surface area (Å²) < 4.78 is 23.5. The van der Waals surface area contributed by atoms with E-state index in [1.807, 2.05) is 19.1 Å². The minimum absolute atomic E-state index is 0.0450. The fourth-order valence-electron chi connectivity index (χ4n) is 1.74. The maximum atomic E-state index is 13.5. The van der Waals surface area contributed by atoms with Crippen molar-refractivity contribution in [1.82, 2.24) is 0 Å². The predicted molar refractivity (Wildman–Crippen MR) is 87.7 cm³/mol. The number of benzene rings is 2. The van der Waals surface area contributed by atoms with Gasteiger partial charge in [0.2, 0.25) is 0 Å². The second kappa shape index (κ2) is 8.31. The SMILES string of the molecule is Cc1ccc(OCC(=O)OCC(=O)Nc2ccc(Cl)cc2F)cc1. The molecule has 0 spiro atoms. The van der Waals surface area contributed by atoms with Gasteiger partial charge in [-0.1, -0.05) is 29.3 Å². The van der Waals surface area contributed by atoms with Crippen LogP contribution in [0.25, 0.3) is 0 Å². The van der Waals surface area contributed by atoms with Crippen molar-refractivity contribution in [2.24, 2.45) is 0 Å². The third-order valence-electron chi connectivity index (χ3n) is 2.95. The van der Waals surface area contributed by atoms with Crippen LogP contribution in [0, 0.1) is 12.7 Å². The Labute approximate surface area is 143 Å². The molecule has 126 valence electrons. The molecule has 2 aromatic carbocycles. The lowest BCUT2D eigenvalue weighted by molar-refractivity contribution is -0.149. The smallest absolute Gasteiger partial charge is 0.344 e. The second-order valence-corrected chi connectivity index (χ2v) is 5.37. The largest absolute Gasteiger partial charge is 0.482 e. The van der Waals surface area contributed by atoms with Crippen molar-refractivity contribution < 1.29 is 23.5 Å². The van der Waals surface area contributed by atoms with E-state index in [9.17, 15) is 14.0 Å². The van der Waals surface area contributed by atoms with Crippen LogP contribution in [-0.2, 0) is 14.3 Å². The summed E-state index contributed by atoms with van der Waals surface area (Å²) in [6.45, 7) is 1.06. The van der Waals surface area contributed by atoms with Crippen molar-refractivity contribution >= 4 is 29.2 Å². The molecule has 7 heteroatoms. The summed E-state index contributed by atoms with van der Waals surface area (Å²) >= 11 is 5.61. The number of aryl methyl sites for hydroxylation is 1. The topological polar surface area (TPSA) is 64.6 Å². The van der Waals surface area contributed by atoms with Crippen LogP contribution in [0.5, 0.6) is 5.75 Å². The number of halogens is 2. The van der Waals surface area contributed by atoms with Crippen LogP contribution in [0.3, 0.4) is 0 Å². The molecule has 0 heterocycles. The number of carbonyl (C=O) groups excluding carboxylic acids is 2. The normalized spacial score (nSPS) is 10.1. The van der Waals surface area contributed by atoms with Gasteiger partial charge in [-0.2, -0.15) is 0 Å². The minimum Gasteiger partial charge on any atom is -0.482 e. The van der Waals surface area contributed by atoms with Gasteiger partial charge in [-0.3, -0.25) is 4.79 Å². The highest BCUT2D eigenvalue weighted by atomic mass is 35.5. The first-order chi connectivity index (χ1) is 11.4. The van der Waals surface area contributed by atoms with Crippen LogP contribution in [-0.4, -0.2) is 25.1 Å². The lowest BCUT2D eigenvalue weighted by Crippen LogP contribution is -2.24. The highest BCUT2D eigenvalue weighted by molar-refractivity contribution is 6.30. The van der Waals surface area contributed by atoms with E-state index in [1.54, 1.807) is 12.1 Å². The molecule has 0 saturated carbocycles. The Balaban J connectivity index is 1.74. The second-order valence-electron chi connectivity index (χ2n) is 4.93. The Morgan fingerprint density at radius 3 is 2.50 bits per heavy atom. The Morgan fingerprint density at radius 2 is 1.83 bits per heavy atom. The van der Waals surface area contributed by atoms with Crippen LogP contribution >= 0.6 is 11.6 Å². The van der Waals surface area contributed by atoms with E-state index in [-0.39, 0.29) is 17.3 Å². The van der Waals surface area contributed by atoms with E-state index < -0.39 is 24.3 Å². The molecule has 24 heavy (non-hydrogen) atoms. The predicted octanol–water partition coefficient (Wildman–Crippen LogP) is 3.35. The molecule has 0 radical (unpaired) electrons. The van der Waals surface area contributed by atoms with Crippen molar-refractivity contribution in [3.05, 3.63) is 58.9 Å². The number of amides is 1. The lowest BCUT2D eigenvalue weighted by Gasteiger charge is -2.08. The van der Waals surface area contributed by atoms with Gasteiger partial charge in [0.1, 0.15) is 11.6 Å². The molecular formula is C17H15ClFNO4. The fraction of sp³-hybridized carbons (Fsp3) is 0.176. The summed E-state index contributed by atoms with van der Waals surface area (Å²) in [4.78, 5) is 23.2. The highest BCUT2D eigenvalue weighted by Crippen LogP contribution is 2.18. The minimum atomic E-state index is -0.706. The average molecular weight is 352 g/mol. The monoisotopic (exact) mass is 351 g/mol. The number of anilines is 1. The van der Waals surface area contributed by atoms with Crippen molar-refractivity contribution in [3.8, 4) is 5.75 Å². The van der Waals surface area contributed by atoms with E-state index >= 15 is 0 Å². The maximum absolute atomic E-state index is 13.5. The fourth-order valence-corrected chi connectivity index (χ4v) is 1.90. The van der Waals surface area contributed by atoms with E-state index in [0.717, 1.165) is 11.6 Å². The number of rotatable bonds is 6. The van der Waals surface area contributed by atoms with Crippen molar-refractivity contribution in [2.45, 2.75) is 6.92 Å². The first kappa shape index (κ1) is 17.7. The van der Waals surface area contributed by atoms with Gasteiger partial charge in [0.15, 0.2) is 13.2 Å². The molecule has 5 nitrogen and oxygen atoms in total. The third kappa shape index (κ3) is 5.55. The molecule has 0 atom stereocenters. The van der Waals surface area contributed by atoms with Crippen molar-refractivity contribution in [3.63, 3.8) is 0 Å². The Morgan fingerprint density at radius 1 is 1.12 bits per heavy atom. The Kier molecular flexibility index (Phi) is 6.14. The molecule has 0 aliphatic heterocycles. The number of hydrogen-bond donors (Lipinski definition) is 1. The Hall–Kier alpha value is -2.60. The standard InChI is InChI=1S/C17H15ClFNO4/c1-11-2-5-13(6-3-11)23-10-17(22)24-9-16(21)20-15-7-4-12(18)8-14(15)19/h2-8H,9-10H2,1H3,(H,20,21). The molecule has 0 unspecified atom stereocenters. The molecule has 2 aromatic rings. The maximum Gasteiger partial charge on any atom is 0.344 e. The number of carbonyl (C=O) groups is 2. The summed E-state index contributed by atoms with van der Waals surface area (Å²) in [5, 5.41) is 2.50. The summed E-state index contributed by atoms with van der Waals surface area (Å²) in [7, 11) is 0. The van der Waals surface area contributed by atoms with Crippen molar-refractivity contribution in [2.75, 3.05) is 18.5 Å². The van der Waals surface area contributed by atoms with Gasteiger partial charge < -0.3 is 14.8 Å². The first-order valence-electron chi connectivity index (χ1n) is 7.04. The summed E-state index contributed by atoms with van der Waals surface area (Å²) in [5.74, 6) is -1.53. The molecular weight excluding hydrogens is 337 g/mol. The summed E-state index contributed by atoms with van der Waals surface area (Å²) in [6, 6.07) is 10.9. The van der Waals surface area contributed by atoms with Gasteiger partial charge in [-0.05, 0) is 37.3 Å². The van der Waals surface area contributed by atoms with Gasteiger partial charge in [0, 0.05) is 5.02 Å². The zero-order valence-electron chi connectivity index (χ0n) is 12.8. The summed E-state index contributed by atoms with van der Waals surface area (Å²) in [5.41, 5.74) is 1.02. The van der Waals surface area contributed by atoms with E-state index in [4.69, 9.17) is 21.1 Å². The molecule has 2 rings (SSSR count). The highest BCUT2D eigenvalue weighted by Gasteiger charge is 2.11. The van der Waals surface area contributed by atoms with Crippen molar-refractivity contribution in [1.29, 1.82) is 0 Å². The van der Waals surface area contributed by atoms with Crippen LogP contribution < -0.4 is 10.1 Å². The van der Waals surface area contributed by atoms with Crippen LogP contribution in [0.1, 0.15) is 5.56 Å². The van der Waals surface area contributed by atoms with Crippen LogP contribution in [0.2, 0.25) is 5.02 Å². The molecule has 0 fully saturated rings. The Bertz CT molecular complexity index is 734. The average Bonchev–Trinajstić information content (AvgIpc) is 2.55. The quantitative estimate of drug-likeness (QED) is 0.811. The number of nitrogens with one attached hydrogen (secondary N) is 1. The lowest BCUT2D eigenvalue weighted by atomic mass is 10.2. The van der Waals surface area contributed by atoms with E-state index in [0.29, 0.717) is 5.75 Å². The molecule has 0 saturated heterocycles. The molecule has 1 N–H and O–H groups in total. The summed E-state index contributed by atoms with van der Waals surface area (Å²) in [6.07, 6.45) is 0. The van der Waals surface area contributed by atoms with E-state index in [1.165, 1.54) is 12.1 Å². The van der Waals surface area contributed by atoms with Crippen LogP contribution in [0.15, 0.2) is 42.5 Å². The van der Waals surface area contributed by atoms with Gasteiger partial charge in [0.05, 0.1) is 5.69 Å². The van der Waals surface area contributed by atoms with Gasteiger partial charge in [-0.25, -0.2) is 9.18 Å². The molecule has 0 aliphatic carbocycles.